The van der Waals surface area contributed by atoms with Crippen LogP contribution in [0.5, 0.6) is 5.75 Å². The number of benzene rings is 1. The van der Waals surface area contributed by atoms with Gasteiger partial charge in [0.2, 0.25) is 0 Å². The highest BCUT2D eigenvalue weighted by molar-refractivity contribution is 7.91. The monoisotopic (exact) mass is 323 g/mol. The molecule has 0 saturated carbocycles. The van der Waals surface area contributed by atoms with Gasteiger partial charge in [0.1, 0.15) is 17.1 Å². The highest BCUT2D eigenvalue weighted by Gasteiger charge is 2.25. The summed E-state index contributed by atoms with van der Waals surface area (Å²) in [6, 6.07) is 7.95. The van der Waals surface area contributed by atoms with E-state index in [9.17, 15) is 8.42 Å². The van der Waals surface area contributed by atoms with Gasteiger partial charge in [0.05, 0.1) is 25.2 Å². The predicted molar refractivity (Wildman–Crippen MR) is 85.9 cm³/mol. The van der Waals surface area contributed by atoms with Crippen molar-refractivity contribution in [1.82, 2.24) is 4.90 Å². The van der Waals surface area contributed by atoms with Crippen LogP contribution in [0.1, 0.15) is 19.1 Å². The molecule has 1 aliphatic rings. The van der Waals surface area contributed by atoms with E-state index in [1.165, 1.54) is 0 Å². The van der Waals surface area contributed by atoms with Gasteiger partial charge in [-0.2, -0.15) is 0 Å². The normalized spacial score (nSPS) is 22.5. The lowest BCUT2D eigenvalue weighted by Gasteiger charge is -2.24. The molecule has 1 atom stereocenters. The van der Waals surface area contributed by atoms with Crippen LogP contribution in [0, 0.1) is 0 Å². The van der Waals surface area contributed by atoms with Crippen molar-refractivity contribution in [1.29, 1.82) is 0 Å². The summed E-state index contributed by atoms with van der Waals surface area (Å²) in [6.07, 6.45) is 0.677. The summed E-state index contributed by atoms with van der Waals surface area (Å²) in [6.45, 7) is 3.27. The van der Waals surface area contributed by atoms with E-state index in [1.54, 1.807) is 7.11 Å². The fourth-order valence-corrected chi connectivity index (χ4v) is 4.24. The summed E-state index contributed by atoms with van der Waals surface area (Å²) in [5.74, 6) is 2.16. The average molecular weight is 323 g/mol. The van der Waals surface area contributed by atoms with Crippen molar-refractivity contribution in [3.63, 3.8) is 0 Å². The van der Waals surface area contributed by atoms with E-state index in [0.717, 1.165) is 22.5 Å². The fraction of sp³-hybridized carbons (Fsp3) is 0.500. The molecule has 0 N–H and O–H groups in total. The number of fused-ring (bicyclic) bond motifs is 1. The van der Waals surface area contributed by atoms with Crippen LogP contribution in [0.15, 0.2) is 28.7 Å². The first-order valence-electron chi connectivity index (χ1n) is 7.48. The predicted octanol–water partition coefficient (Wildman–Crippen LogP) is 2.45. The Morgan fingerprint density at radius 3 is 2.91 bits per heavy atom. The lowest BCUT2D eigenvalue weighted by Crippen LogP contribution is -2.33. The number of furan rings is 1. The summed E-state index contributed by atoms with van der Waals surface area (Å²) in [4.78, 5) is 2.18. The fourth-order valence-electron chi connectivity index (χ4n) is 2.83. The molecule has 2 heterocycles. The largest absolute Gasteiger partial charge is 0.497 e. The van der Waals surface area contributed by atoms with Crippen molar-refractivity contribution in [3.05, 3.63) is 30.0 Å². The number of hydrogen-bond donors (Lipinski definition) is 0. The Morgan fingerprint density at radius 2 is 2.14 bits per heavy atom. The Morgan fingerprint density at radius 1 is 1.32 bits per heavy atom. The molecule has 0 bridgehead atoms. The van der Waals surface area contributed by atoms with Crippen LogP contribution in [0.2, 0.25) is 0 Å². The molecule has 1 saturated heterocycles. The van der Waals surface area contributed by atoms with E-state index in [0.29, 0.717) is 19.5 Å². The van der Waals surface area contributed by atoms with Crippen molar-refractivity contribution in [2.24, 2.45) is 0 Å². The molecular formula is C16H21NO4S. The summed E-state index contributed by atoms with van der Waals surface area (Å²) in [5.41, 5.74) is 0.825. The minimum atomic E-state index is -2.90. The molecule has 1 aliphatic heterocycles. The third kappa shape index (κ3) is 3.28. The molecule has 1 unspecified atom stereocenters. The lowest BCUT2D eigenvalue weighted by molar-refractivity contribution is 0.198. The molecule has 0 spiro atoms. The molecule has 2 aromatic rings. The van der Waals surface area contributed by atoms with E-state index in [4.69, 9.17) is 9.15 Å². The smallest absolute Gasteiger partial charge is 0.151 e. The van der Waals surface area contributed by atoms with Gasteiger partial charge >= 0.3 is 0 Å². The molecule has 22 heavy (non-hydrogen) atoms. The molecule has 0 amide bonds. The molecule has 3 rings (SSSR count). The zero-order valence-electron chi connectivity index (χ0n) is 12.9. The summed E-state index contributed by atoms with van der Waals surface area (Å²) < 4.78 is 34.6. The second-order valence-electron chi connectivity index (χ2n) is 5.88. The molecule has 1 aromatic heterocycles. The van der Waals surface area contributed by atoms with Crippen LogP contribution in [-0.2, 0) is 16.4 Å². The van der Waals surface area contributed by atoms with Gasteiger partial charge in [0.15, 0.2) is 9.84 Å². The molecule has 6 heteroatoms. The highest BCUT2D eigenvalue weighted by atomic mass is 32.2. The van der Waals surface area contributed by atoms with Crippen LogP contribution >= 0.6 is 0 Å². The van der Waals surface area contributed by atoms with Crippen LogP contribution in [-0.4, -0.2) is 44.5 Å². The van der Waals surface area contributed by atoms with Gasteiger partial charge in [-0.15, -0.1) is 0 Å². The lowest BCUT2D eigenvalue weighted by atomic mass is 10.2. The number of ether oxygens (including phenoxy) is 1. The maximum absolute atomic E-state index is 11.8. The first kappa shape index (κ1) is 15.4. The second-order valence-corrected chi connectivity index (χ2v) is 8.18. The topological polar surface area (TPSA) is 59.8 Å². The number of sulfone groups is 1. The average Bonchev–Trinajstić information content (AvgIpc) is 2.84. The van der Waals surface area contributed by atoms with Gasteiger partial charge < -0.3 is 9.15 Å². The van der Waals surface area contributed by atoms with Crippen LogP contribution in [0.4, 0.5) is 0 Å². The van der Waals surface area contributed by atoms with Gasteiger partial charge in [0.25, 0.3) is 0 Å². The molecule has 1 fully saturated rings. The zero-order valence-corrected chi connectivity index (χ0v) is 13.7. The quantitative estimate of drug-likeness (QED) is 0.868. The maximum Gasteiger partial charge on any atom is 0.151 e. The Hall–Kier alpha value is -1.53. The molecule has 0 aliphatic carbocycles. The third-order valence-corrected chi connectivity index (χ3v) is 5.96. The summed E-state index contributed by atoms with van der Waals surface area (Å²) >= 11 is 0. The minimum absolute atomic E-state index is 0.228. The molecule has 0 radical (unpaired) electrons. The van der Waals surface area contributed by atoms with Crippen LogP contribution in [0.25, 0.3) is 11.0 Å². The Balaban J connectivity index is 1.80. The molecule has 1 aromatic carbocycles. The first-order chi connectivity index (χ1) is 10.5. The van der Waals surface area contributed by atoms with Crippen LogP contribution in [0.3, 0.4) is 0 Å². The Labute approximate surface area is 130 Å². The van der Waals surface area contributed by atoms with E-state index < -0.39 is 9.84 Å². The second kappa shape index (κ2) is 5.93. The summed E-state index contributed by atoms with van der Waals surface area (Å²) in [7, 11) is -1.26. The van der Waals surface area contributed by atoms with Gasteiger partial charge in [-0.3, -0.25) is 4.90 Å². The number of rotatable bonds is 3. The number of methoxy groups -OCH3 is 1. The first-order valence-corrected chi connectivity index (χ1v) is 9.30. The molecule has 120 valence electrons. The van der Waals surface area contributed by atoms with Gasteiger partial charge in [0, 0.05) is 18.0 Å². The zero-order chi connectivity index (χ0) is 15.7. The van der Waals surface area contributed by atoms with Crippen molar-refractivity contribution < 1.29 is 17.6 Å². The van der Waals surface area contributed by atoms with Gasteiger partial charge in [-0.25, -0.2) is 8.42 Å². The van der Waals surface area contributed by atoms with Crippen molar-refractivity contribution in [2.75, 3.05) is 25.2 Å². The van der Waals surface area contributed by atoms with E-state index in [1.807, 2.05) is 24.3 Å². The SMILES string of the molecule is COc1ccc2oc(CN3CCS(=O)(=O)CCC3C)cc2c1. The Bertz CT molecular complexity index is 766. The van der Waals surface area contributed by atoms with Crippen molar-refractivity contribution in [2.45, 2.75) is 25.9 Å². The van der Waals surface area contributed by atoms with E-state index in [2.05, 4.69) is 11.8 Å². The van der Waals surface area contributed by atoms with Crippen LogP contribution < -0.4 is 4.74 Å². The maximum atomic E-state index is 11.8. The highest BCUT2D eigenvalue weighted by Crippen LogP contribution is 2.26. The minimum Gasteiger partial charge on any atom is -0.497 e. The summed E-state index contributed by atoms with van der Waals surface area (Å²) in [5, 5.41) is 1.00. The third-order valence-electron chi connectivity index (χ3n) is 4.29. The Kier molecular flexibility index (Phi) is 4.14. The van der Waals surface area contributed by atoms with Crippen molar-refractivity contribution >= 4 is 20.8 Å². The van der Waals surface area contributed by atoms with E-state index >= 15 is 0 Å². The number of hydrogen-bond acceptors (Lipinski definition) is 5. The standard InChI is InChI=1S/C16H21NO4S/c1-12-5-7-22(18,19)8-6-17(12)11-15-10-13-9-14(20-2)3-4-16(13)21-15/h3-4,9-10,12H,5-8,11H2,1-2H3. The van der Waals surface area contributed by atoms with Gasteiger partial charge in [-0.1, -0.05) is 0 Å². The molecular weight excluding hydrogens is 302 g/mol. The number of nitrogens with zero attached hydrogens (tertiary/aromatic N) is 1. The van der Waals surface area contributed by atoms with Crippen molar-refractivity contribution in [3.8, 4) is 5.75 Å². The van der Waals surface area contributed by atoms with Gasteiger partial charge in [-0.05, 0) is 37.6 Å². The molecule has 5 nitrogen and oxygen atoms in total. The van der Waals surface area contributed by atoms with E-state index in [-0.39, 0.29) is 17.5 Å².